The summed E-state index contributed by atoms with van der Waals surface area (Å²) in [4.78, 5) is 0. The molecule has 1 atom stereocenters. The van der Waals surface area contributed by atoms with Gasteiger partial charge in [0.2, 0.25) is 0 Å². The van der Waals surface area contributed by atoms with Crippen molar-refractivity contribution in [3.63, 3.8) is 0 Å². The molecule has 0 aliphatic rings. The second kappa shape index (κ2) is 7.53. The Morgan fingerprint density at radius 3 is 2.40 bits per heavy atom. The molecule has 0 aliphatic heterocycles. The predicted molar refractivity (Wildman–Crippen MR) is 73.9 cm³/mol. The zero-order chi connectivity index (χ0) is 15.2. The molecule has 1 aromatic carbocycles. The first-order chi connectivity index (χ1) is 9.33. The highest BCUT2D eigenvalue weighted by molar-refractivity contribution is 5.36. The minimum absolute atomic E-state index is 0.0751. The van der Waals surface area contributed by atoms with Gasteiger partial charge in [0.05, 0.1) is 12.5 Å². The van der Waals surface area contributed by atoms with E-state index in [1.807, 2.05) is 20.8 Å². The fourth-order valence-corrected chi connectivity index (χ4v) is 1.97. The van der Waals surface area contributed by atoms with E-state index < -0.39 is 18.6 Å². The van der Waals surface area contributed by atoms with Crippen LogP contribution in [0.25, 0.3) is 0 Å². The van der Waals surface area contributed by atoms with E-state index in [1.165, 1.54) is 0 Å². The molecule has 5 heteroatoms. The Labute approximate surface area is 118 Å². The molecule has 0 saturated carbocycles. The fraction of sp³-hybridized carbons (Fsp3) is 0.600. The number of hydrogen-bond acceptors (Lipinski definition) is 2. The van der Waals surface area contributed by atoms with Crippen molar-refractivity contribution in [1.82, 2.24) is 5.32 Å². The summed E-state index contributed by atoms with van der Waals surface area (Å²) in [6.45, 7) is 6.18. The summed E-state index contributed by atoms with van der Waals surface area (Å²) < 4.78 is 43.8. The van der Waals surface area contributed by atoms with Gasteiger partial charge in [-0.25, -0.2) is 0 Å². The van der Waals surface area contributed by atoms with Gasteiger partial charge >= 0.3 is 6.18 Å². The lowest BCUT2D eigenvalue weighted by molar-refractivity contribution is -0.140. The number of rotatable bonds is 7. The molecule has 0 aromatic heterocycles. The van der Waals surface area contributed by atoms with Crippen molar-refractivity contribution in [3.05, 3.63) is 29.8 Å². The van der Waals surface area contributed by atoms with Gasteiger partial charge in [0.1, 0.15) is 5.75 Å². The number of para-hydroxylation sites is 1. The van der Waals surface area contributed by atoms with Crippen LogP contribution in [-0.4, -0.2) is 18.8 Å². The van der Waals surface area contributed by atoms with Crippen molar-refractivity contribution in [2.45, 2.75) is 51.9 Å². The maximum atomic E-state index is 12.7. The largest absolute Gasteiger partial charge is 0.491 e. The lowest BCUT2D eigenvalue weighted by Gasteiger charge is -2.23. The van der Waals surface area contributed by atoms with Gasteiger partial charge in [0.15, 0.2) is 0 Å². The molecular formula is C15H22F3NO. The minimum Gasteiger partial charge on any atom is -0.491 e. The van der Waals surface area contributed by atoms with Crippen LogP contribution in [0.2, 0.25) is 0 Å². The van der Waals surface area contributed by atoms with Gasteiger partial charge < -0.3 is 10.1 Å². The van der Waals surface area contributed by atoms with Crippen molar-refractivity contribution >= 4 is 0 Å². The Morgan fingerprint density at radius 2 is 1.85 bits per heavy atom. The zero-order valence-electron chi connectivity index (χ0n) is 12.1. The van der Waals surface area contributed by atoms with Crippen molar-refractivity contribution in [2.75, 3.05) is 6.54 Å². The average molecular weight is 289 g/mol. The lowest BCUT2D eigenvalue weighted by Crippen LogP contribution is -2.28. The van der Waals surface area contributed by atoms with E-state index >= 15 is 0 Å². The molecule has 0 fully saturated rings. The van der Waals surface area contributed by atoms with Gasteiger partial charge in [0, 0.05) is 11.6 Å². The quantitative estimate of drug-likeness (QED) is 0.799. The van der Waals surface area contributed by atoms with Crippen LogP contribution in [0.4, 0.5) is 13.2 Å². The highest BCUT2D eigenvalue weighted by Gasteiger charge is 2.33. The smallest absolute Gasteiger partial charge is 0.390 e. The van der Waals surface area contributed by atoms with Gasteiger partial charge in [-0.05, 0) is 32.9 Å². The van der Waals surface area contributed by atoms with E-state index in [0.717, 1.165) is 6.42 Å². The standard InChI is InChI=1S/C15H22F3NO/c1-4-9-19-13(10-15(16,17)18)12-7-5-6-8-14(12)20-11(2)3/h5-8,11,13,19H,4,9-10H2,1-3H3. The van der Waals surface area contributed by atoms with Crippen molar-refractivity contribution < 1.29 is 17.9 Å². The normalized spacial score (nSPS) is 13.6. The number of halogens is 3. The van der Waals surface area contributed by atoms with Crippen LogP contribution < -0.4 is 10.1 Å². The van der Waals surface area contributed by atoms with Crippen LogP contribution in [0.3, 0.4) is 0 Å². The second-order valence-electron chi connectivity index (χ2n) is 5.03. The van der Waals surface area contributed by atoms with Gasteiger partial charge in [-0.15, -0.1) is 0 Å². The molecule has 1 N–H and O–H groups in total. The van der Waals surface area contributed by atoms with Crippen molar-refractivity contribution in [1.29, 1.82) is 0 Å². The van der Waals surface area contributed by atoms with E-state index in [2.05, 4.69) is 5.32 Å². The first kappa shape index (κ1) is 16.8. The van der Waals surface area contributed by atoms with Gasteiger partial charge in [-0.2, -0.15) is 13.2 Å². The maximum Gasteiger partial charge on any atom is 0.390 e. The molecule has 1 aromatic rings. The van der Waals surface area contributed by atoms with E-state index in [0.29, 0.717) is 17.9 Å². The predicted octanol–water partition coefficient (Wildman–Crippen LogP) is 4.47. The molecule has 0 amide bonds. The van der Waals surface area contributed by atoms with Crippen LogP contribution in [0, 0.1) is 0 Å². The van der Waals surface area contributed by atoms with E-state index in [9.17, 15) is 13.2 Å². The van der Waals surface area contributed by atoms with E-state index in [1.54, 1.807) is 24.3 Å². The third-order valence-corrected chi connectivity index (χ3v) is 2.73. The number of benzene rings is 1. The average Bonchev–Trinajstić information content (AvgIpc) is 2.33. The molecule has 0 aliphatic carbocycles. The maximum absolute atomic E-state index is 12.7. The van der Waals surface area contributed by atoms with Crippen LogP contribution in [0.15, 0.2) is 24.3 Å². The molecule has 0 spiro atoms. The number of ether oxygens (including phenoxy) is 1. The summed E-state index contributed by atoms with van der Waals surface area (Å²) in [6.07, 6.45) is -4.41. The number of alkyl halides is 3. The second-order valence-corrected chi connectivity index (χ2v) is 5.03. The van der Waals surface area contributed by atoms with Crippen LogP contribution in [0.5, 0.6) is 5.75 Å². The molecule has 0 bridgehead atoms. The topological polar surface area (TPSA) is 21.3 Å². The summed E-state index contributed by atoms with van der Waals surface area (Å²) in [7, 11) is 0. The monoisotopic (exact) mass is 289 g/mol. The van der Waals surface area contributed by atoms with E-state index in [-0.39, 0.29) is 6.10 Å². The Bertz CT molecular complexity index is 404. The molecule has 0 saturated heterocycles. The molecule has 1 rings (SSSR count). The first-order valence-electron chi connectivity index (χ1n) is 6.89. The van der Waals surface area contributed by atoms with E-state index in [4.69, 9.17) is 4.74 Å². The molecule has 2 nitrogen and oxygen atoms in total. The van der Waals surface area contributed by atoms with Gasteiger partial charge in [-0.1, -0.05) is 25.1 Å². The molecular weight excluding hydrogens is 267 g/mol. The summed E-state index contributed by atoms with van der Waals surface area (Å²) in [6, 6.07) is 6.14. The Morgan fingerprint density at radius 1 is 1.20 bits per heavy atom. The molecule has 114 valence electrons. The van der Waals surface area contributed by atoms with Crippen LogP contribution in [-0.2, 0) is 0 Å². The highest BCUT2D eigenvalue weighted by Crippen LogP contribution is 2.34. The third kappa shape index (κ3) is 5.82. The highest BCUT2D eigenvalue weighted by atomic mass is 19.4. The SMILES string of the molecule is CCCNC(CC(F)(F)F)c1ccccc1OC(C)C. The Kier molecular flexibility index (Phi) is 6.33. The summed E-state index contributed by atoms with van der Waals surface area (Å²) in [5, 5.41) is 2.96. The summed E-state index contributed by atoms with van der Waals surface area (Å²) >= 11 is 0. The first-order valence-corrected chi connectivity index (χ1v) is 6.89. The van der Waals surface area contributed by atoms with Gasteiger partial charge in [0.25, 0.3) is 0 Å². The van der Waals surface area contributed by atoms with Crippen molar-refractivity contribution in [2.24, 2.45) is 0 Å². The zero-order valence-corrected chi connectivity index (χ0v) is 12.1. The Hall–Kier alpha value is -1.23. The molecule has 1 unspecified atom stereocenters. The third-order valence-electron chi connectivity index (χ3n) is 2.73. The van der Waals surface area contributed by atoms with Gasteiger partial charge in [-0.3, -0.25) is 0 Å². The van der Waals surface area contributed by atoms with Crippen LogP contribution in [0.1, 0.15) is 45.2 Å². The number of nitrogens with one attached hydrogen (secondary N) is 1. The molecule has 0 radical (unpaired) electrons. The van der Waals surface area contributed by atoms with Crippen LogP contribution >= 0.6 is 0 Å². The Balaban J connectivity index is 2.99. The molecule has 0 heterocycles. The minimum atomic E-state index is -4.21. The summed E-state index contributed by atoms with van der Waals surface area (Å²) in [5.41, 5.74) is 0.562. The lowest BCUT2D eigenvalue weighted by atomic mass is 10.0. The molecule has 20 heavy (non-hydrogen) atoms. The number of hydrogen-bond donors (Lipinski definition) is 1. The summed E-state index contributed by atoms with van der Waals surface area (Å²) in [5.74, 6) is 0.514. The fourth-order valence-electron chi connectivity index (χ4n) is 1.97. The van der Waals surface area contributed by atoms with Crippen molar-refractivity contribution in [3.8, 4) is 5.75 Å².